The second-order valence-electron chi connectivity index (χ2n) is 5.39. The molecule has 0 aliphatic heterocycles. The van der Waals surface area contributed by atoms with Crippen molar-refractivity contribution in [1.29, 1.82) is 0 Å². The van der Waals surface area contributed by atoms with Gasteiger partial charge in [0.15, 0.2) is 5.65 Å². The van der Waals surface area contributed by atoms with Crippen LogP contribution in [0.2, 0.25) is 0 Å². The minimum Gasteiger partial charge on any atom is -0.339 e. The number of hydrogen-bond acceptors (Lipinski definition) is 0. The fourth-order valence-corrected chi connectivity index (χ4v) is 3.36. The van der Waals surface area contributed by atoms with Crippen LogP contribution in [0.3, 0.4) is 0 Å². The van der Waals surface area contributed by atoms with Crippen LogP contribution in [0.15, 0.2) is 79.3 Å². The predicted molar refractivity (Wildman–Crippen MR) is 85.6 cm³/mol. The van der Waals surface area contributed by atoms with Crippen LogP contribution in [0.4, 0.5) is 0 Å². The zero-order valence-corrected chi connectivity index (χ0v) is 14.1. The Bertz CT molecular complexity index is 1140. The maximum Gasteiger partial charge on any atom is 0.176 e. The Labute approximate surface area is 141 Å². The molecular weight excluding hydrogens is 448 g/mol. The summed E-state index contributed by atoms with van der Waals surface area (Å²) in [4.78, 5) is 0. The maximum absolute atomic E-state index is 2.28. The van der Waals surface area contributed by atoms with Gasteiger partial charge in [-0.15, -0.1) is 12.1 Å². The van der Waals surface area contributed by atoms with Crippen LogP contribution >= 0.6 is 0 Å². The van der Waals surface area contributed by atoms with Crippen LogP contribution in [0.5, 0.6) is 0 Å². The van der Waals surface area contributed by atoms with Gasteiger partial charge in [-0.1, -0.05) is 29.7 Å². The number of nitrogens with zero attached hydrogens (tertiary/aromatic N) is 2. The summed E-state index contributed by atoms with van der Waals surface area (Å²) in [5, 5.41) is 5.17. The summed E-state index contributed by atoms with van der Waals surface area (Å²) >= 11 is 0. The Morgan fingerprint density at radius 2 is 1.77 bits per heavy atom. The van der Waals surface area contributed by atoms with Gasteiger partial charge in [-0.2, -0.15) is 17.5 Å². The van der Waals surface area contributed by atoms with Crippen molar-refractivity contribution in [2.45, 2.75) is 0 Å². The Morgan fingerprint density at radius 3 is 2.73 bits per heavy atom. The van der Waals surface area contributed by atoms with Gasteiger partial charge in [0.25, 0.3) is 0 Å². The zero-order chi connectivity index (χ0) is 13.8. The van der Waals surface area contributed by atoms with E-state index in [4.69, 9.17) is 0 Å². The molecule has 3 aromatic heterocycles. The molecule has 0 N–H and O–H groups in total. The van der Waals surface area contributed by atoms with Crippen LogP contribution in [0, 0.1) is 0 Å². The average molecular weight is 462 g/mol. The molecule has 109 valence electrons. The van der Waals surface area contributed by atoms with Crippen molar-refractivity contribution in [3.05, 3.63) is 79.3 Å². The number of hydrogen-bond donors (Lipinski definition) is 0. The molecule has 5 rings (SSSR count). The Balaban J connectivity index is 0.00000125. The second-order valence-corrected chi connectivity index (χ2v) is 5.39. The number of rotatable bonds is 0. The molecule has 0 saturated heterocycles. The molecule has 0 saturated carbocycles. The molecule has 0 amide bonds. The second kappa shape index (κ2) is 4.91. The van der Waals surface area contributed by atoms with E-state index in [0.29, 0.717) is 0 Å². The van der Waals surface area contributed by atoms with E-state index < -0.39 is 0 Å². The number of aromatic nitrogens is 2. The molecule has 0 atom stereocenters. The summed E-state index contributed by atoms with van der Waals surface area (Å²) in [5.41, 5.74) is 2.47. The quantitative estimate of drug-likeness (QED) is 0.187. The smallest absolute Gasteiger partial charge is 0.176 e. The minimum absolute atomic E-state index is 0. The van der Waals surface area contributed by atoms with Gasteiger partial charge >= 0.3 is 0 Å². The largest absolute Gasteiger partial charge is 0.339 e. The Morgan fingerprint density at radius 1 is 0.909 bits per heavy atom. The molecule has 22 heavy (non-hydrogen) atoms. The van der Waals surface area contributed by atoms with Crippen molar-refractivity contribution in [3.8, 4) is 0 Å². The molecule has 3 heterocycles. The van der Waals surface area contributed by atoms with Crippen LogP contribution in [-0.4, -0.2) is 4.40 Å². The third kappa shape index (κ3) is 1.67. The van der Waals surface area contributed by atoms with Gasteiger partial charge in [0.2, 0.25) is 0 Å². The zero-order valence-electron chi connectivity index (χ0n) is 11.7. The van der Waals surface area contributed by atoms with E-state index in [-0.39, 0.29) is 20.1 Å². The maximum atomic E-state index is 2.28. The topological polar surface area (TPSA) is 8.51 Å². The first-order valence-electron chi connectivity index (χ1n) is 7.14. The number of para-hydroxylation sites is 1. The van der Waals surface area contributed by atoms with Gasteiger partial charge < -0.3 is 4.40 Å². The number of fused-ring (bicyclic) bond motifs is 3. The Hall–Kier alpha value is -2.22. The molecular formula is C19H13IrN2-. The van der Waals surface area contributed by atoms with Crippen LogP contribution in [0.1, 0.15) is 0 Å². The van der Waals surface area contributed by atoms with Gasteiger partial charge in [0.05, 0.1) is 12.4 Å². The van der Waals surface area contributed by atoms with Gasteiger partial charge in [-0.25, -0.2) is 6.07 Å². The molecule has 2 aromatic carbocycles. The summed E-state index contributed by atoms with van der Waals surface area (Å²) in [5.74, 6) is 0. The fourth-order valence-electron chi connectivity index (χ4n) is 3.36. The molecule has 1 radical (unpaired) electrons. The first-order chi connectivity index (χ1) is 10.4. The number of benzene rings is 2. The van der Waals surface area contributed by atoms with Crippen LogP contribution in [-0.2, 0) is 20.1 Å². The van der Waals surface area contributed by atoms with Crippen LogP contribution in [0.25, 0.3) is 32.7 Å². The van der Waals surface area contributed by atoms with E-state index in [1.807, 2.05) is 0 Å². The summed E-state index contributed by atoms with van der Waals surface area (Å²) < 4.78 is 4.48. The molecule has 0 spiro atoms. The summed E-state index contributed by atoms with van der Waals surface area (Å²) in [6.45, 7) is 0. The van der Waals surface area contributed by atoms with E-state index in [0.717, 1.165) is 0 Å². The van der Waals surface area contributed by atoms with Gasteiger partial charge in [-0.3, -0.25) is 4.40 Å². The summed E-state index contributed by atoms with van der Waals surface area (Å²) in [6, 6.07) is 21.5. The van der Waals surface area contributed by atoms with Crippen molar-refractivity contribution in [3.63, 3.8) is 0 Å². The average Bonchev–Trinajstić information content (AvgIpc) is 2.93. The third-order valence-corrected chi connectivity index (χ3v) is 4.26. The van der Waals surface area contributed by atoms with Crippen molar-refractivity contribution in [2.24, 2.45) is 0 Å². The molecule has 0 fully saturated rings. The molecule has 3 heteroatoms. The molecule has 0 unspecified atom stereocenters. The van der Waals surface area contributed by atoms with Crippen molar-refractivity contribution in [1.82, 2.24) is 4.40 Å². The normalized spacial score (nSPS) is 11.3. The van der Waals surface area contributed by atoms with E-state index in [2.05, 4.69) is 88.1 Å². The molecule has 2 nitrogen and oxygen atoms in total. The summed E-state index contributed by atoms with van der Waals surface area (Å²) in [6.07, 6.45) is 6.37. The van der Waals surface area contributed by atoms with Crippen molar-refractivity contribution < 1.29 is 24.5 Å². The van der Waals surface area contributed by atoms with E-state index in [1.165, 1.54) is 32.7 Å². The standard InChI is InChI=1S/C19H13N2.Ir/c1-2-10-17-15(8-1)16-9-5-7-14-6-3-4-11-20-12-13-21(17)19(20)18(14)16;/h1-13H;/q-1;. The van der Waals surface area contributed by atoms with Crippen molar-refractivity contribution in [2.75, 3.05) is 0 Å². The van der Waals surface area contributed by atoms with Gasteiger partial charge in [0.1, 0.15) is 5.52 Å². The minimum atomic E-state index is 0. The van der Waals surface area contributed by atoms with E-state index >= 15 is 0 Å². The molecule has 0 aliphatic carbocycles. The predicted octanol–water partition coefficient (Wildman–Crippen LogP) is 3.98. The van der Waals surface area contributed by atoms with E-state index in [1.54, 1.807) is 0 Å². The monoisotopic (exact) mass is 462 g/mol. The molecule has 0 aliphatic rings. The first kappa shape index (κ1) is 13.4. The summed E-state index contributed by atoms with van der Waals surface area (Å²) in [7, 11) is 0. The number of imidazole rings is 1. The molecule has 0 bridgehead atoms. The fraction of sp³-hybridized carbons (Fsp3) is 0. The third-order valence-electron chi connectivity index (χ3n) is 4.26. The van der Waals surface area contributed by atoms with Crippen molar-refractivity contribution >= 4 is 32.7 Å². The SMILES string of the molecule is [Ir].c1cc2[cH-]cc[cH-][n+]3ccn4c5ccccc5c(c1)c2c43. The first-order valence-corrected chi connectivity index (χ1v) is 7.14. The Kier molecular flexibility index (Phi) is 3.00. The van der Waals surface area contributed by atoms with Gasteiger partial charge in [-0.05, 0) is 17.6 Å². The van der Waals surface area contributed by atoms with Gasteiger partial charge in [0, 0.05) is 25.5 Å². The van der Waals surface area contributed by atoms with Crippen LogP contribution < -0.4 is 4.40 Å². The number of pyridine rings is 1. The van der Waals surface area contributed by atoms with E-state index in [9.17, 15) is 0 Å². The molecule has 5 aromatic rings.